The lowest BCUT2D eigenvalue weighted by Gasteiger charge is -2.26. The molecule has 27 heavy (non-hydrogen) atoms. The van der Waals surface area contributed by atoms with Crippen LogP contribution in [0.25, 0.3) is 0 Å². The van der Waals surface area contributed by atoms with Gasteiger partial charge in [-0.1, -0.05) is 50.2 Å². The molecule has 2 unspecified atom stereocenters. The van der Waals surface area contributed by atoms with E-state index in [0.717, 1.165) is 22.6 Å². The van der Waals surface area contributed by atoms with Crippen LogP contribution in [0.1, 0.15) is 37.9 Å². The van der Waals surface area contributed by atoms with Gasteiger partial charge in [0.15, 0.2) is 11.5 Å². The van der Waals surface area contributed by atoms with E-state index in [1.165, 1.54) is 0 Å². The molecule has 1 N–H and O–H groups in total. The maximum atomic E-state index is 12.6. The molecule has 1 heterocycles. The Labute approximate surface area is 160 Å². The van der Waals surface area contributed by atoms with E-state index < -0.39 is 6.10 Å². The van der Waals surface area contributed by atoms with Gasteiger partial charge in [-0.25, -0.2) is 0 Å². The van der Waals surface area contributed by atoms with E-state index in [2.05, 4.69) is 19.2 Å². The summed E-state index contributed by atoms with van der Waals surface area (Å²) in [6, 6.07) is 15.5. The molecular formula is C22H27NO4. The molecule has 0 saturated heterocycles. The first-order valence-corrected chi connectivity index (χ1v) is 9.40. The first kappa shape index (κ1) is 19.2. The number of hydrogen-bond donors (Lipinski definition) is 1. The molecule has 144 valence electrons. The van der Waals surface area contributed by atoms with Crippen molar-refractivity contribution in [1.82, 2.24) is 5.32 Å². The first-order valence-electron chi connectivity index (χ1n) is 9.40. The van der Waals surface area contributed by atoms with Crippen LogP contribution in [-0.2, 0) is 16.1 Å². The number of ether oxygens (including phenoxy) is 3. The Morgan fingerprint density at radius 2 is 1.74 bits per heavy atom. The van der Waals surface area contributed by atoms with Crippen LogP contribution in [0.2, 0.25) is 0 Å². The number of amides is 1. The van der Waals surface area contributed by atoms with Gasteiger partial charge in [0.25, 0.3) is 0 Å². The Kier molecular flexibility index (Phi) is 6.35. The monoisotopic (exact) mass is 369 g/mol. The van der Waals surface area contributed by atoms with Crippen molar-refractivity contribution in [3.8, 4) is 11.5 Å². The molecule has 2 aromatic rings. The van der Waals surface area contributed by atoms with E-state index in [4.69, 9.17) is 14.2 Å². The fourth-order valence-corrected chi connectivity index (χ4v) is 3.03. The Bertz CT molecular complexity index is 760. The average Bonchev–Trinajstić information content (AvgIpc) is 2.70. The van der Waals surface area contributed by atoms with Crippen molar-refractivity contribution in [3.63, 3.8) is 0 Å². The van der Waals surface area contributed by atoms with Crippen molar-refractivity contribution >= 4 is 5.91 Å². The van der Waals surface area contributed by atoms with Crippen molar-refractivity contribution in [2.45, 2.75) is 39.5 Å². The minimum atomic E-state index is -0.538. The molecule has 0 aliphatic carbocycles. The Balaban J connectivity index is 1.64. The van der Waals surface area contributed by atoms with Crippen molar-refractivity contribution in [2.75, 3.05) is 13.2 Å². The predicted molar refractivity (Wildman–Crippen MR) is 104 cm³/mol. The minimum Gasteiger partial charge on any atom is -0.486 e. The number of fused-ring (bicyclic) bond motifs is 1. The Hall–Kier alpha value is -2.53. The standard InChI is InChI=1S/C22H27NO4/c1-15(2)21(18-9-10-19-20(13-18)26-12-11-25-19)23-22(24)16(3)27-14-17-7-5-4-6-8-17/h4-10,13,15-16,21H,11-12,14H2,1-3H3,(H,23,24). The summed E-state index contributed by atoms with van der Waals surface area (Å²) < 4.78 is 17.0. The van der Waals surface area contributed by atoms with Crippen molar-refractivity contribution in [3.05, 3.63) is 59.7 Å². The summed E-state index contributed by atoms with van der Waals surface area (Å²) in [6.07, 6.45) is -0.538. The molecule has 1 aliphatic heterocycles. The molecule has 1 aliphatic rings. The molecule has 5 heteroatoms. The second-order valence-electron chi connectivity index (χ2n) is 7.07. The molecule has 1 amide bonds. The van der Waals surface area contributed by atoms with Crippen molar-refractivity contribution in [2.24, 2.45) is 5.92 Å². The second kappa shape index (κ2) is 8.91. The SMILES string of the molecule is CC(OCc1ccccc1)C(=O)NC(c1ccc2c(c1)OCCO2)C(C)C. The van der Waals surface area contributed by atoms with Gasteiger partial charge in [0.1, 0.15) is 19.3 Å². The Morgan fingerprint density at radius 1 is 1.04 bits per heavy atom. The van der Waals surface area contributed by atoms with Crippen LogP contribution in [0.15, 0.2) is 48.5 Å². The molecule has 0 aromatic heterocycles. The van der Waals surface area contributed by atoms with E-state index in [0.29, 0.717) is 19.8 Å². The van der Waals surface area contributed by atoms with Gasteiger partial charge in [-0.3, -0.25) is 4.79 Å². The number of rotatable bonds is 7. The summed E-state index contributed by atoms with van der Waals surface area (Å²) in [5.41, 5.74) is 2.04. The molecule has 0 fully saturated rings. The fourth-order valence-electron chi connectivity index (χ4n) is 3.03. The van der Waals surface area contributed by atoms with Crippen LogP contribution in [-0.4, -0.2) is 25.2 Å². The Morgan fingerprint density at radius 3 is 2.44 bits per heavy atom. The van der Waals surface area contributed by atoms with E-state index >= 15 is 0 Å². The summed E-state index contributed by atoms with van der Waals surface area (Å²) in [7, 11) is 0. The molecule has 0 spiro atoms. The summed E-state index contributed by atoms with van der Waals surface area (Å²) in [4.78, 5) is 12.6. The summed E-state index contributed by atoms with van der Waals surface area (Å²) >= 11 is 0. The van der Waals surface area contributed by atoms with Crippen LogP contribution < -0.4 is 14.8 Å². The maximum absolute atomic E-state index is 12.6. The lowest BCUT2D eigenvalue weighted by Crippen LogP contribution is -2.39. The first-order chi connectivity index (χ1) is 13.0. The molecule has 2 atom stereocenters. The zero-order valence-electron chi connectivity index (χ0n) is 16.1. The third-order valence-corrected chi connectivity index (χ3v) is 4.60. The largest absolute Gasteiger partial charge is 0.486 e. The molecule has 0 radical (unpaired) electrons. The number of hydrogen-bond acceptors (Lipinski definition) is 4. The third-order valence-electron chi connectivity index (χ3n) is 4.60. The van der Waals surface area contributed by atoms with Gasteiger partial charge in [0.05, 0.1) is 12.6 Å². The highest BCUT2D eigenvalue weighted by atomic mass is 16.6. The van der Waals surface area contributed by atoms with Gasteiger partial charge in [0, 0.05) is 0 Å². The predicted octanol–water partition coefficient (Wildman–Crippen LogP) is 3.88. The lowest BCUT2D eigenvalue weighted by atomic mass is 9.95. The zero-order chi connectivity index (χ0) is 19.2. The van der Waals surface area contributed by atoms with Gasteiger partial charge < -0.3 is 19.5 Å². The van der Waals surface area contributed by atoms with Gasteiger partial charge in [-0.2, -0.15) is 0 Å². The topological polar surface area (TPSA) is 56.8 Å². The second-order valence-corrected chi connectivity index (χ2v) is 7.07. The smallest absolute Gasteiger partial charge is 0.249 e. The van der Waals surface area contributed by atoms with Gasteiger partial charge in [0.2, 0.25) is 5.91 Å². The van der Waals surface area contributed by atoms with Gasteiger partial charge >= 0.3 is 0 Å². The number of carbonyl (C=O) groups excluding carboxylic acids is 1. The highest BCUT2D eigenvalue weighted by molar-refractivity contribution is 5.80. The number of carbonyl (C=O) groups is 1. The zero-order valence-corrected chi connectivity index (χ0v) is 16.1. The van der Waals surface area contributed by atoms with Crippen LogP contribution in [0.5, 0.6) is 11.5 Å². The molecular weight excluding hydrogens is 342 g/mol. The van der Waals surface area contributed by atoms with Crippen LogP contribution in [0.3, 0.4) is 0 Å². The lowest BCUT2D eigenvalue weighted by molar-refractivity contribution is -0.133. The quantitative estimate of drug-likeness (QED) is 0.805. The third kappa shape index (κ3) is 5.01. The minimum absolute atomic E-state index is 0.125. The van der Waals surface area contributed by atoms with E-state index in [9.17, 15) is 4.79 Å². The van der Waals surface area contributed by atoms with E-state index in [1.807, 2.05) is 48.5 Å². The van der Waals surface area contributed by atoms with Crippen LogP contribution in [0.4, 0.5) is 0 Å². The number of benzene rings is 2. The summed E-state index contributed by atoms with van der Waals surface area (Å²) in [6.45, 7) is 7.45. The average molecular weight is 369 g/mol. The van der Waals surface area contributed by atoms with Gasteiger partial charge in [-0.05, 0) is 36.1 Å². The highest BCUT2D eigenvalue weighted by Gasteiger charge is 2.24. The molecule has 3 rings (SSSR count). The van der Waals surface area contributed by atoms with Crippen LogP contribution >= 0.6 is 0 Å². The molecule has 0 bridgehead atoms. The number of nitrogens with one attached hydrogen (secondary N) is 1. The van der Waals surface area contributed by atoms with E-state index in [1.54, 1.807) is 6.92 Å². The summed E-state index contributed by atoms with van der Waals surface area (Å²) in [5, 5.41) is 3.12. The molecule has 5 nitrogen and oxygen atoms in total. The highest BCUT2D eigenvalue weighted by Crippen LogP contribution is 2.34. The van der Waals surface area contributed by atoms with Crippen molar-refractivity contribution in [1.29, 1.82) is 0 Å². The normalized spacial score (nSPS) is 15.3. The summed E-state index contributed by atoms with van der Waals surface area (Å²) in [5.74, 6) is 1.57. The fraction of sp³-hybridized carbons (Fsp3) is 0.409. The maximum Gasteiger partial charge on any atom is 0.249 e. The van der Waals surface area contributed by atoms with E-state index in [-0.39, 0.29) is 17.9 Å². The van der Waals surface area contributed by atoms with Gasteiger partial charge in [-0.15, -0.1) is 0 Å². The molecule has 2 aromatic carbocycles. The van der Waals surface area contributed by atoms with Crippen molar-refractivity contribution < 1.29 is 19.0 Å². The molecule has 0 saturated carbocycles. The van der Waals surface area contributed by atoms with Crippen LogP contribution in [0, 0.1) is 5.92 Å².